The lowest BCUT2D eigenvalue weighted by atomic mass is 9.76. The smallest absolute Gasteiger partial charge is 0.264 e. The molecular formula is C14H21NO3S2. The summed E-state index contributed by atoms with van der Waals surface area (Å²) in [6.07, 6.45) is 10.7. The highest BCUT2D eigenvalue weighted by Crippen LogP contribution is 2.56. The van der Waals surface area contributed by atoms with Gasteiger partial charge < -0.3 is 4.90 Å². The zero-order valence-electron chi connectivity index (χ0n) is 11.5. The first kappa shape index (κ1) is 14.5. The van der Waals surface area contributed by atoms with Crippen LogP contribution in [0.4, 0.5) is 0 Å². The van der Waals surface area contributed by atoms with Crippen molar-refractivity contribution in [2.24, 2.45) is 5.92 Å². The molecule has 20 heavy (non-hydrogen) atoms. The summed E-state index contributed by atoms with van der Waals surface area (Å²) >= 11 is 2.07. The molecule has 0 aromatic rings. The normalized spacial score (nSPS) is 32.8. The maximum absolute atomic E-state index is 10.8. The fraction of sp³-hybridized carbons (Fsp3) is 0.714. The Morgan fingerprint density at radius 2 is 2.30 bits per heavy atom. The first-order chi connectivity index (χ1) is 9.51. The van der Waals surface area contributed by atoms with Crippen LogP contribution in [0, 0.1) is 5.92 Å². The fourth-order valence-electron chi connectivity index (χ4n) is 3.74. The van der Waals surface area contributed by atoms with Crippen LogP contribution in [-0.2, 0) is 10.1 Å². The second kappa shape index (κ2) is 5.39. The Bertz CT molecular complexity index is 541. The maximum Gasteiger partial charge on any atom is 0.264 e. The van der Waals surface area contributed by atoms with Crippen molar-refractivity contribution in [1.29, 1.82) is 0 Å². The van der Waals surface area contributed by atoms with Crippen molar-refractivity contribution in [3.05, 3.63) is 23.9 Å². The Hall–Kier alpha value is -0.460. The van der Waals surface area contributed by atoms with E-state index < -0.39 is 10.1 Å². The number of hydrogen-bond acceptors (Lipinski definition) is 4. The SMILES string of the molecule is O=S(=O)(O)CCCN1CCC2CCSC23CC=CC=C13. The Morgan fingerprint density at radius 3 is 3.10 bits per heavy atom. The van der Waals surface area contributed by atoms with E-state index in [0.29, 0.717) is 13.0 Å². The average Bonchev–Trinajstić information content (AvgIpc) is 2.79. The molecule has 1 aliphatic carbocycles. The topological polar surface area (TPSA) is 57.6 Å². The highest BCUT2D eigenvalue weighted by atomic mass is 32.2. The zero-order valence-corrected chi connectivity index (χ0v) is 13.1. The largest absolute Gasteiger partial charge is 0.374 e. The zero-order chi connectivity index (χ0) is 14.2. The van der Waals surface area contributed by atoms with Crippen LogP contribution in [0.3, 0.4) is 0 Å². The molecule has 2 fully saturated rings. The third-order valence-electron chi connectivity index (χ3n) is 4.65. The summed E-state index contributed by atoms with van der Waals surface area (Å²) in [5.41, 5.74) is 1.38. The lowest BCUT2D eigenvalue weighted by Crippen LogP contribution is -2.48. The number of rotatable bonds is 4. The van der Waals surface area contributed by atoms with Crippen LogP contribution in [0.15, 0.2) is 23.9 Å². The molecule has 2 aliphatic heterocycles. The molecule has 0 saturated carbocycles. The molecule has 2 saturated heterocycles. The first-order valence-electron chi connectivity index (χ1n) is 7.23. The van der Waals surface area contributed by atoms with Crippen molar-refractivity contribution in [2.75, 3.05) is 24.6 Å². The van der Waals surface area contributed by atoms with Gasteiger partial charge in [0.05, 0.1) is 10.5 Å². The van der Waals surface area contributed by atoms with E-state index in [-0.39, 0.29) is 10.5 Å². The summed E-state index contributed by atoms with van der Waals surface area (Å²) in [7, 11) is -3.84. The molecular weight excluding hydrogens is 294 g/mol. The van der Waals surface area contributed by atoms with Crippen LogP contribution in [0.5, 0.6) is 0 Å². The summed E-state index contributed by atoms with van der Waals surface area (Å²) in [5, 5.41) is 0. The number of allylic oxidation sites excluding steroid dienone is 3. The van der Waals surface area contributed by atoms with E-state index in [9.17, 15) is 8.42 Å². The van der Waals surface area contributed by atoms with Crippen LogP contribution >= 0.6 is 11.8 Å². The summed E-state index contributed by atoms with van der Waals surface area (Å²) in [6, 6.07) is 0. The molecule has 2 heterocycles. The summed E-state index contributed by atoms with van der Waals surface area (Å²) < 4.78 is 30.8. The van der Waals surface area contributed by atoms with Gasteiger partial charge in [0.2, 0.25) is 0 Å². The highest BCUT2D eigenvalue weighted by Gasteiger charge is 2.50. The molecule has 0 amide bonds. The summed E-state index contributed by atoms with van der Waals surface area (Å²) in [6.45, 7) is 1.73. The number of likely N-dealkylation sites (tertiary alicyclic amines) is 1. The molecule has 1 N–H and O–H groups in total. The van der Waals surface area contributed by atoms with Crippen molar-refractivity contribution >= 4 is 21.9 Å². The molecule has 1 spiro atoms. The minimum atomic E-state index is -3.84. The second-order valence-electron chi connectivity index (χ2n) is 5.82. The quantitative estimate of drug-likeness (QED) is 0.807. The van der Waals surface area contributed by atoms with Crippen LogP contribution in [0.1, 0.15) is 25.7 Å². The minimum absolute atomic E-state index is 0.143. The Balaban J connectivity index is 1.73. The second-order valence-corrected chi connectivity index (χ2v) is 8.82. The van der Waals surface area contributed by atoms with Crippen molar-refractivity contribution in [3.63, 3.8) is 0 Å². The van der Waals surface area contributed by atoms with Gasteiger partial charge in [0.1, 0.15) is 0 Å². The van der Waals surface area contributed by atoms with Gasteiger partial charge in [0, 0.05) is 18.8 Å². The molecule has 112 valence electrons. The molecule has 0 aromatic heterocycles. The van der Waals surface area contributed by atoms with Gasteiger partial charge >= 0.3 is 0 Å². The Kier molecular flexibility index (Phi) is 3.90. The van der Waals surface area contributed by atoms with Gasteiger partial charge in [-0.3, -0.25) is 4.55 Å². The predicted octanol–water partition coefficient (Wildman–Crippen LogP) is 2.31. The third kappa shape index (κ3) is 2.65. The van der Waals surface area contributed by atoms with Gasteiger partial charge in [-0.25, -0.2) is 0 Å². The van der Waals surface area contributed by atoms with E-state index in [0.717, 1.165) is 18.9 Å². The standard InChI is InChI=1S/C14H21NO3S2/c16-20(17,18)11-3-8-15-9-5-12-6-10-19-14(12)7-2-1-4-13(14)15/h1-2,4,12H,3,5-11H2,(H,16,17,18). The molecule has 0 bridgehead atoms. The van der Waals surface area contributed by atoms with Crippen LogP contribution in [0.25, 0.3) is 0 Å². The molecule has 0 aromatic carbocycles. The fourth-order valence-corrected chi connectivity index (χ4v) is 6.03. The van der Waals surface area contributed by atoms with Crippen LogP contribution in [0.2, 0.25) is 0 Å². The van der Waals surface area contributed by atoms with E-state index in [1.54, 1.807) is 0 Å². The van der Waals surface area contributed by atoms with E-state index in [4.69, 9.17) is 4.55 Å². The summed E-state index contributed by atoms with van der Waals surface area (Å²) in [5.74, 6) is 1.85. The van der Waals surface area contributed by atoms with Gasteiger partial charge in [-0.15, -0.1) is 11.8 Å². The number of piperidine rings is 1. The molecule has 2 unspecified atom stereocenters. The molecule has 3 rings (SSSR count). The lowest BCUT2D eigenvalue weighted by Gasteiger charge is -2.48. The van der Waals surface area contributed by atoms with Crippen LogP contribution < -0.4 is 0 Å². The Morgan fingerprint density at radius 1 is 1.45 bits per heavy atom. The third-order valence-corrected chi connectivity index (χ3v) is 7.12. The van der Waals surface area contributed by atoms with Gasteiger partial charge in [-0.2, -0.15) is 8.42 Å². The molecule has 6 heteroatoms. The monoisotopic (exact) mass is 315 g/mol. The minimum Gasteiger partial charge on any atom is -0.374 e. The van der Waals surface area contributed by atoms with Gasteiger partial charge in [0.25, 0.3) is 10.1 Å². The molecule has 2 atom stereocenters. The molecule has 0 radical (unpaired) electrons. The number of hydrogen-bond donors (Lipinski definition) is 1. The van der Waals surface area contributed by atoms with Crippen molar-refractivity contribution in [3.8, 4) is 0 Å². The number of thioether (sulfide) groups is 1. The predicted molar refractivity (Wildman–Crippen MR) is 82.4 cm³/mol. The lowest BCUT2D eigenvalue weighted by molar-refractivity contribution is 0.203. The van der Waals surface area contributed by atoms with Crippen molar-refractivity contribution in [2.45, 2.75) is 30.4 Å². The van der Waals surface area contributed by atoms with Crippen molar-refractivity contribution < 1.29 is 13.0 Å². The maximum atomic E-state index is 10.8. The summed E-state index contributed by atoms with van der Waals surface area (Å²) in [4.78, 5) is 2.34. The van der Waals surface area contributed by atoms with Crippen LogP contribution in [-0.4, -0.2) is 47.2 Å². The van der Waals surface area contributed by atoms with E-state index in [1.807, 2.05) is 0 Å². The van der Waals surface area contributed by atoms with E-state index in [1.165, 1.54) is 24.3 Å². The van der Waals surface area contributed by atoms with E-state index >= 15 is 0 Å². The number of nitrogens with zero attached hydrogens (tertiary/aromatic N) is 1. The van der Waals surface area contributed by atoms with Gasteiger partial charge in [-0.05, 0) is 43.4 Å². The van der Waals surface area contributed by atoms with Crippen molar-refractivity contribution in [1.82, 2.24) is 4.90 Å². The molecule has 4 nitrogen and oxygen atoms in total. The molecule has 3 aliphatic rings. The highest BCUT2D eigenvalue weighted by molar-refractivity contribution is 8.01. The van der Waals surface area contributed by atoms with Gasteiger partial charge in [-0.1, -0.05) is 12.2 Å². The van der Waals surface area contributed by atoms with E-state index in [2.05, 4.69) is 34.9 Å². The Labute approximate surface area is 125 Å². The average molecular weight is 315 g/mol. The van der Waals surface area contributed by atoms with Gasteiger partial charge in [0.15, 0.2) is 0 Å². The first-order valence-corrected chi connectivity index (χ1v) is 9.82.